The number of nitrogens with one attached hydrogen (secondary N) is 1. The second-order valence-corrected chi connectivity index (χ2v) is 9.58. The van der Waals surface area contributed by atoms with Gasteiger partial charge >= 0.3 is 0 Å². The van der Waals surface area contributed by atoms with Crippen molar-refractivity contribution in [2.75, 3.05) is 31.9 Å². The molecule has 0 spiro atoms. The fraction of sp³-hybridized carbons (Fsp3) is 0.409. The van der Waals surface area contributed by atoms with Crippen molar-refractivity contribution in [2.24, 2.45) is 0 Å². The number of rotatable bonds is 5. The normalized spacial score (nSPS) is 15.9. The number of hydrogen-bond donors (Lipinski definition) is 1. The highest BCUT2D eigenvalue weighted by atomic mass is 32.2. The first-order valence-electron chi connectivity index (χ1n) is 9.83. The van der Waals surface area contributed by atoms with Gasteiger partial charge in [-0.1, -0.05) is 23.8 Å². The Morgan fingerprint density at radius 3 is 2.31 bits per heavy atom. The summed E-state index contributed by atoms with van der Waals surface area (Å²) in [4.78, 5) is 17.2. The number of aryl methyl sites for hydroxylation is 2. The molecule has 1 fully saturated rings. The zero-order valence-corrected chi connectivity index (χ0v) is 18.3. The summed E-state index contributed by atoms with van der Waals surface area (Å²) in [5, 5.41) is 0. The topological polar surface area (TPSA) is 69.7 Å². The Morgan fingerprint density at radius 2 is 1.69 bits per heavy atom. The van der Waals surface area contributed by atoms with Gasteiger partial charge in [-0.3, -0.25) is 9.52 Å². The van der Waals surface area contributed by atoms with Crippen LogP contribution < -0.4 is 4.72 Å². The quantitative estimate of drug-likeness (QED) is 0.814. The van der Waals surface area contributed by atoms with Gasteiger partial charge < -0.3 is 9.80 Å². The maximum Gasteiger partial charge on any atom is 0.261 e. The predicted octanol–water partition coefficient (Wildman–Crippen LogP) is 3.27. The first-order chi connectivity index (χ1) is 13.7. The number of benzene rings is 2. The molecular formula is C22H29N3O3S. The number of anilines is 1. The maximum atomic E-state index is 13.1. The molecule has 29 heavy (non-hydrogen) atoms. The standard InChI is InChI=1S/C22H29N3O3S/c1-16-5-8-18(9-6-16)23-29(27,28)20-10-7-17(2)21(15-20)22(26)25(4)19-11-13-24(3)14-12-19/h5-10,15,19,23H,11-14H2,1-4H3. The van der Waals surface area contributed by atoms with E-state index in [4.69, 9.17) is 0 Å². The van der Waals surface area contributed by atoms with E-state index < -0.39 is 10.0 Å². The van der Waals surface area contributed by atoms with Crippen molar-refractivity contribution in [3.8, 4) is 0 Å². The van der Waals surface area contributed by atoms with Crippen molar-refractivity contribution in [1.82, 2.24) is 9.80 Å². The molecule has 0 radical (unpaired) electrons. The van der Waals surface area contributed by atoms with E-state index in [2.05, 4.69) is 16.7 Å². The Morgan fingerprint density at radius 1 is 1.07 bits per heavy atom. The number of nitrogens with zero attached hydrogens (tertiary/aromatic N) is 2. The third-order valence-corrected chi connectivity index (χ3v) is 6.99. The zero-order chi connectivity index (χ0) is 21.2. The lowest BCUT2D eigenvalue weighted by Crippen LogP contribution is -2.44. The van der Waals surface area contributed by atoms with Gasteiger partial charge in [0, 0.05) is 24.3 Å². The van der Waals surface area contributed by atoms with Gasteiger partial charge in [0.25, 0.3) is 15.9 Å². The smallest absolute Gasteiger partial charge is 0.261 e. The van der Waals surface area contributed by atoms with Gasteiger partial charge in [0.05, 0.1) is 4.90 Å². The Hall–Kier alpha value is -2.38. The molecule has 2 aromatic carbocycles. The van der Waals surface area contributed by atoms with E-state index in [1.54, 1.807) is 23.1 Å². The molecule has 3 rings (SSSR count). The molecule has 0 bridgehead atoms. The third-order valence-electron chi connectivity index (χ3n) is 5.61. The summed E-state index contributed by atoms with van der Waals surface area (Å²) < 4.78 is 28.3. The van der Waals surface area contributed by atoms with Crippen LogP contribution in [-0.2, 0) is 10.0 Å². The molecule has 2 aromatic rings. The summed E-state index contributed by atoms with van der Waals surface area (Å²) in [7, 11) is 0.106. The van der Waals surface area contributed by atoms with Gasteiger partial charge in [0.15, 0.2) is 0 Å². The van der Waals surface area contributed by atoms with E-state index in [0.29, 0.717) is 11.3 Å². The van der Waals surface area contributed by atoms with E-state index in [0.717, 1.165) is 37.1 Å². The van der Waals surface area contributed by atoms with E-state index in [-0.39, 0.29) is 16.8 Å². The molecule has 1 N–H and O–H groups in total. The first-order valence-corrected chi connectivity index (χ1v) is 11.3. The van der Waals surface area contributed by atoms with Gasteiger partial charge in [-0.25, -0.2) is 8.42 Å². The predicted molar refractivity (Wildman–Crippen MR) is 116 cm³/mol. The lowest BCUT2D eigenvalue weighted by Gasteiger charge is -2.35. The summed E-state index contributed by atoms with van der Waals surface area (Å²) in [6.45, 7) is 5.68. The second-order valence-electron chi connectivity index (χ2n) is 7.90. The molecule has 6 nitrogen and oxygen atoms in total. The molecule has 1 heterocycles. The van der Waals surface area contributed by atoms with Crippen LogP contribution in [0.5, 0.6) is 0 Å². The molecule has 1 saturated heterocycles. The highest BCUT2D eigenvalue weighted by Gasteiger charge is 2.26. The van der Waals surface area contributed by atoms with Crippen LogP contribution in [0.25, 0.3) is 0 Å². The minimum absolute atomic E-state index is 0.0869. The molecule has 0 unspecified atom stereocenters. The van der Waals surface area contributed by atoms with Crippen molar-refractivity contribution >= 4 is 21.6 Å². The summed E-state index contributed by atoms with van der Waals surface area (Å²) >= 11 is 0. The van der Waals surface area contributed by atoms with Crippen molar-refractivity contribution in [3.63, 3.8) is 0 Å². The van der Waals surface area contributed by atoms with Crippen molar-refractivity contribution in [3.05, 3.63) is 59.2 Å². The molecule has 156 valence electrons. The average molecular weight is 416 g/mol. The van der Waals surface area contributed by atoms with Gasteiger partial charge in [-0.15, -0.1) is 0 Å². The van der Waals surface area contributed by atoms with E-state index in [1.165, 1.54) is 12.1 Å². The summed E-state index contributed by atoms with van der Waals surface area (Å²) in [5.41, 5.74) is 2.74. The molecule has 0 atom stereocenters. The number of sulfonamides is 1. The number of likely N-dealkylation sites (tertiary alicyclic amines) is 1. The minimum Gasteiger partial charge on any atom is -0.339 e. The van der Waals surface area contributed by atoms with Crippen LogP contribution in [0.15, 0.2) is 47.4 Å². The SMILES string of the molecule is Cc1ccc(NS(=O)(=O)c2ccc(C)c(C(=O)N(C)C3CCN(C)CC3)c2)cc1. The largest absolute Gasteiger partial charge is 0.339 e. The number of hydrogen-bond acceptors (Lipinski definition) is 4. The summed E-state index contributed by atoms with van der Waals surface area (Å²) in [6.07, 6.45) is 1.84. The Labute approximate surface area is 173 Å². The Bertz CT molecular complexity index is 979. The number of amides is 1. The average Bonchev–Trinajstić information content (AvgIpc) is 2.69. The fourth-order valence-electron chi connectivity index (χ4n) is 3.57. The molecule has 1 aliphatic rings. The minimum atomic E-state index is -3.78. The zero-order valence-electron chi connectivity index (χ0n) is 17.5. The third kappa shape index (κ3) is 4.97. The number of piperidine rings is 1. The lowest BCUT2D eigenvalue weighted by molar-refractivity contribution is 0.0658. The van der Waals surface area contributed by atoms with Crippen LogP contribution in [0.1, 0.15) is 34.3 Å². The number of carbonyl (C=O) groups excluding carboxylic acids is 1. The van der Waals surface area contributed by atoms with Crippen LogP contribution in [0.2, 0.25) is 0 Å². The summed E-state index contributed by atoms with van der Waals surface area (Å²) in [5.74, 6) is -0.135. The number of carbonyl (C=O) groups is 1. The van der Waals surface area contributed by atoms with Crippen molar-refractivity contribution in [1.29, 1.82) is 0 Å². The Kier molecular flexibility index (Phi) is 6.29. The highest BCUT2D eigenvalue weighted by molar-refractivity contribution is 7.92. The van der Waals surface area contributed by atoms with Gasteiger partial charge in [0.1, 0.15) is 0 Å². The van der Waals surface area contributed by atoms with E-state index >= 15 is 0 Å². The summed E-state index contributed by atoms with van der Waals surface area (Å²) in [6, 6.07) is 12.0. The van der Waals surface area contributed by atoms with E-state index in [1.807, 2.05) is 33.0 Å². The van der Waals surface area contributed by atoms with Crippen LogP contribution in [0.4, 0.5) is 5.69 Å². The molecule has 1 amide bonds. The molecule has 0 aliphatic carbocycles. The molecule has 1 aliphatic heterocycles. The highest BCUT2D eigenvalue weighted by Crippen LogP contribution is 2.23. The fourth-order valence-corrected chi connectivity index (χ4v) is 4.66. The van der Waals surface area contributed by atoms with Gasteiger partial charge in [-0.05, 0) is 76.7 Å². The van der Waals surface area contributed by atoms with Gasteiger partial charge in [-0.2, -0.15) is 0 Å². The maximum absolute atomic E-state index is 13.1. The van der Waals surface area contributed by atoms with Crippen LogP contribution >= 0.6 is 0 Å². The van der Waals surface area contributed by atoms with E-state index in [9.17, 15) is 13.2 Å². The molecule has 0 aromatic heterocycles. The molecule has 7 heteroatoms. The molecular weight excluding hydrogens is 386 g/mol. The van der Waals surface area contributed by atoms with Gasteiger partial charge in [0.2, 0.25) is 0 Å². The molecule has 0 saturated carbocycles. The van der Waals surface area contributed by atoms with Crippen molar-refractivity contribution in [2.45, 2.75) is 37.6 Å². The monoisotopic (exact) mass is 415 g/mol. The lowest BCUT2D eigenvalue weighted by atomic mass is 10.0. The van der Waals surface area contributed by atoms with Crippen LogP contribution in [-0.4, -0.2) is 57.4 Å². The van der Waals surface area contributed by atoms with Crippen LogP contribution in [0.3, 0.4) is 0 Å². The van der Waals surface area contributed by atoms with Crippen LogP contribution in [0, 0.1) is 13.8 Å². The first kappa shape index (κ1) is 21.3. The second kappa shape index (κ2) is 8.55. The van der Waals surface area contributed by atoms with Crippen molar-refractivity contribution < 1.29 is 13.2 Å². The Balaban J connectivity index is 1.83.